The van der Waals surface area contributed by atoms with Crippen LogP contribution in [0.5, 0.6) is 0 Å². The first kappa shape index (κ1) is 33.9. The number of aromatic nitrogens is 1. The van der Waals surface area contributed by atoms with E-state index >= 15 is 0 Å². The van der Waals surface area contributed by atoms with E-state index in [9.17, 15) is 22.8 Å². The summed E-state index contributed by atoms with van der Waals surface area (Å²) in [5.41, 5.74) is 3.65. The average molecular weight is 637 g/mol. The van der Waals surface area contributed by atoms with Gasteiger partial charge in [0.1, 0.15) is 12.6 Å². The van der Waals surface area contributed by atoms with Crippen LogP contribution in [0, 0.1) is 13.8 Å². The summed E-state index contributed by atoms with van der Waals surface area (Å²) in [6.07, 6.45) is 7.24. The molecule has 1 aliphatic rings. The molecular weight excluding hydrogens is 592 g/mol. The lowest BCUT2D eigenvalue weighted by Gasteiger charge is -2.33. The first-order chi connectivity index (χ1) is 21.5. The topological polar surface area (TPSA) is 130 Å². The van der Waals surface area contributed by atoms with Crippen molar-refractivity contribution >= 4 is 27.7 Å². The number of benzene rings is 2. The van der Waals surface area contributed by atoms with Crippen LogP contribution >= 0.6 is 0 Å². The summed E-state index contributed by atoms with van der Waals surface area (Å²) < 4.78 is 33.2. The van der Waals surface area contributed by atoms with Gasteiger partial charge in [0.05, 0.1) is 11.9 Å². The lowest BCUT2D eigenvalue weighted by molar-refractivity contribution is -0.134. The molecule has 3 amide bonds. The van der Waals surface area contributed by atoms with E-state index in [4.69, 9.17) is 4.52 Å². The predicted octanol–water partition coefficient (Wildman–Crippen LogP) is 5.05. The Hall–Kier alpha value is -3.99. The van der Waals surface area contributed by atoms with Crippen molar-refractivity contribution in [3.05, 3.63) is 77.0 Å². The average Bonchev–Trinajstić information content (AvgIpc) is 3.56. The van der Waals surface area contributed by atoms with Crippen molar-refractivity contribution in [2.24, 2.45) is 0 Å². The van der Waals surface area contributed by atoms with Crippen LogP contribution < -0.4 is 5.32 Å². The van der Waals surface area contributed by atoms with Gasteiger partial charge < -0.3 is 14.7 Å². The number of likely N-dealkylation sites (N-methyl/N-ethyl adjacent to an activating group) is 1. The lowest BCUT2D eigenvalue weighted by atomic mass is 9.95. The minimum absolute atomic E-state index is 0.0343. The summed E-state index contributed by atoms with van der Waals surface area (Å²) in [7, 11) is -2.66. The number of sulfonamides is 1. The van der Waals surface area contributed by atoms with E-state index in [1.54, 1.807) is 36.5 Å². The number of unbranched alkanes of at least 4 members (excludes halogenated alkanes) is 1. The highest BCUT2D eigenvalue weighted by Crippen LogP contribution is 2.23. The Morgan fingerprint density at radius 1 is 1.00 bits per heavy atom. The summed E-state index contributed by atoms with van der Waals surface area (Å²) in [5.74, 6) is -1.46. The van der Waals surface area contributed by atoms with E-state index in [2.05, 4.69) is 10.5 Å². The van der Waals surface area contributed by atoms with Gasteiger partial charge in [0.15, 0.2) is 5.76 Å². The lowest BCUT2D eigenvalue weighted by Crippen LogP contribution is -2.55. The van der Waals surface area contributed by atoms with Gasteiger partial charge in [0.2, 0.25) is 15.9 Å². The fraction of sp³-hybridized carbons (Fsp3) is 0.471. The van der Waals surface area contributed by atoms with Crippen LogP contribution in [-0.4, -0.2) is 71.9 Å². The smallest absolute Gasteiger partial charge is 0.259 e. The van der Waals surface area contributed by atoms with Gasteiger partial charge >= 0.3 is 0 Å². The highest BCUT2D eigenvalue weighted by molar-refractivity contribution is 7.89. The molecule has 3 aromatic rings. The summed E-state index contributed by atoms with van der Waals surface area (Å²) in [5, 5.41) is 6.68. The van der Waals surface area contributed by atoms with E-state index in [0.717, 1.165) is 48.8 Å². The Bertz CT molecular complexity index is 1540. The quantitative estimate of drug-likeness (QED) is 0.278. The van der Waals surface area contributed by atoms with Crippen LogP contribution in [0.1, 0.15) is 78.9 Å². The van der Waals surface area contributed by atoms with E-state index in [-0.39, 0.29) is 18.2 Å². The minimum Gasteiger partial charge on any atom is -0.356 e. The van der Waals surface area contributed by atoms with Gasteiger partial charge in [-0.15, -0.1) is 0 Å². The Kier molecular flexibility index (Phi) is 11.6. The number of hydrogen-bond donors (Lipinski definition) is 1. The normalized spacial score (nSPS) is 14.5. The van der Waals surface area contributed by atoms with Gasteiger partial charge in [-0.05, 0) is 50.8 Å². The molecule has 0 spiro atoms. The number of aryl methyl sites for hydroxylation is 2. The second-order valence-electron chi connectivity index (χ2n) is 12.0. The predicted molar refractivity (Wildman–Crippen MR) is 173 cm³/mol. The molecule has 0 saturated heterocycles. The summed E-state index contributed by atoms with van der Waals surface area (Å²) in [6, 6.07) is 13.2. The first-order valence-electron chi connectivity index (χ1n) is 15.7. The maximum absolute atomic E-state index is 14.4. The standard InChI is InChI=1S/C34H44N4O6S/c1-5-6-18-45(42,43)38(23-32(39)36-29-10-8-7-9-11-29)34(41)30(37(4)33(40)28-20-24(2)19-25(3)21-28)22-26-12-14-27(15-13-26)31-16-17-35-44-31/h12-17,19-21,29-30H,5-11,18,22-23H2,1-4H3,(H,36,39)/t30-/m0/s1. The number of carbonyl (C=O) groups excluding carboxylic acids is 3. The van der Waals surface area contributed by atoms with E-state index in [0.29, 0.717) is 34.0 Å². The third-order valence-corrected chi connectivity index (χ3v) is 10.0. The molecule has 1 saturated carbocycles. The second-order valence-corrected chi connectivity index (χ2v) is 14.0. The number of rotatable bonds is 13. The maximum Gasteiger partial charge on any atom is 0.259 e. The fourth-order valence-corrected chi connectivity index (χ4v) is 7.38. The van der Waals surface area contributed by atoms with E-state index < -0.39 is 40.3 Å². The third kappa shape index (κ3) is 9.03. The fourth-order valence-electron chi connectivity index (χ4n) is 5.79. The van der Waals surface area contributed by atoms with Gasteiger partial charge in [0, 0.05) is 36.7 Å². The third-order valence-electron chi connectivity index (χ3n) is 8.24. The van der Waals surface area contributed by atoms with Crippen LogP contribution in [0.4, 0.5) is 0 Å². The van der Waals surface area contributed by atoms with Crippen LogP contribution in [0.2, 0.25) is 0 Å². The molecule has 1 aliphatic carbocycles. The zero-order valence-corrected chi connectivity index (χ0v) is 27.4. The van der Waals surface area contributed by atoms with Gasteiger partial charge in [-0.2, -0.15) is 0 Å². The van der Waals surface area contributed by atoms with E-state index in [1.165, 1.54) is 11.9 Å². The molecule has 1 N–H and O–H groups in total. The molecule has 45 heavy (non-hydrogen) atoms. The Morgan fingerprint density at radius 3 is 2.27 bits per heavy atom. The summed E-state index contributed by atoms with van der Waals surface area (Å²) in [6.45, 7) is 5.00. The Balaban J connectivity index is 1.68. The molecule has 0 unspecified atom stereocenters. The molecule has 0 aliphatic heterocycles. The molecule has 0 bridgehead atoms. The monoisotopic (exact) mass is 636 g/mol. The second kappa shape index (κ2) is 15.3. The molecule has 10 nitrogen and oxygen atoms in total. The SMILES string of the molecule is CCCCS(=O)(=O)N(CC(=O)NC1CCCCC1)C(=O)[C@H](Cc1ccc(-c2ccno2)cc1)N(C)C(=O)c1cc(C)cc(C)c1. The molecule has 1 heterocycles. The van der Waals surface area contributed by atoms with Gasteiger partial charge in [-0.1, -0.05) is 79.2 Å². The van der Waals surface area contributed by atoms with Gasteiger partial charge in [0.25, 0.3) is 11.8 Å². The molecule has 1 aromatic heterocycles. The van der Waals surface area contributed by atoms with Crippen molar-refractivity contribution in [2.45, 2.75) is 84.2 Å². The first-order valence-corrected chi connectivity index (χ1v) is 17.3. The van der Waals surface area contributed by atoms with Crippen molar-refractivity contribution in [2.75, 3.05) is 19.3 Å². The van der Waals surface area contributed by atoms with Crippen molar-refractivity contribution in [3.63, 3.8) is 0 Å². The number of carbonyl (C=O) groups is 3. The highest BCUT2D eigenvalue weighted by atomic mass is 32.2. The summed E-state index contributed by atoms with van der Waals surface area (Å²) >= 11 is 0. The Morgan fingerprint density at radius 2 is 1.67 bits per heavy atom. The van der Waals surface area contributed by atoms with Crippen molar-refractivity contribution in [1.82, 2.24) is 19.7 Å². The van der Waals surface area contributed by atoms with Crippen molar-refractivity contribution in [3.8, 4) is 11.3 Å². The zero-order chi connectivity index (χ0) is 32.6. The van der Waals surface area contributed by atoms with Crippen LogP contribution in [-0.2, 0) is 26.0 Å². The number of nitrogens with one attached hydrogen (secondary N) is 1. The Labute approximate surface area is 266 Å². The molecule has 0 radical (unpaired) electrons. The van der Waals surface area contributed by atoms with Crippen molar-refractivity contribution in [1.29, 1.82) is 0 Å². The van der Waals surface area contributed by atoms with Crippen LogP contribution in [0.25, 0.3) is 11.3 Å². The molecule has 1 fully saturated rings. The zero-order valence-electron chi connectivity index (χ0n) is 26.6. The molecule has 11 heteroatoms. The number of hydrogen-bond acceptors (Lipinski definition) is 7. The summed E-state index contributed by atoms with van der Waals surface area (Å²) in [4.78, 5) is 42.7. The maximum atomic E-state index is 14.4. The van der Waals surface area contributed by atoms with Gasteiger partial charge in [-0.25, -0.2) is 12.7 Å². The molecular formula is C34H44N4O6S. The molecule has 4 rings (SSSR count). The molecule has 242 valence electrons. The minimum atomic E-state index is -4.16. The number of nitrogens with zero attached hydrogens (tertiary/aromatic N) is 3. The van der Waals surface area contributed by atoms with Crippen LogP contribution in [0.3, 0.4) is 0 Å². The highest BCUT2D eigenvalue weighted by Gasteiger charge is 2.38. The van der Waals surface area contributed by atoms with Crippen LogP contribution in [0.15, 0.2) is 59.3 Å². The molecule has 2 aromatic carbocycles. The largest absolute Gasteiger partial charge is 0.356 e. The number of amides is 3. The molecule has 1 atom stereocenters. The van der Waals surface area contributed by atoms with E-state index in [1.807, 2.05) is 39.0 Å². The van der Waals surface area contributed by atoms with Gasteiger partial charge in [-0.3, -0.25) is 14.4 Å². The van der Waals surface area contributed by atoms with Crippen molar-refractivity contribution < 1.29 is 27.3 Å².